The van der Waals surface area contributed by atoms with Crippen molar-refractivity contribution < 1.29 is 27.1 Å². The molecular formula is C12H12ClF4NO2. The molecule has 3 nitrogen and oxygen atoms in total. The molecule has 0 fully saturated rings. The fourth-order valence-electron chi connectivity index (χ4n) is 1.52. The summed E-state index contributed by atoms with van der Waals surface area (Å²) in [5.41, 5.74) is -0.0299. The Balaban J connectivity index is 2.99. The molecule has 1 unspecified atom stereocenters. The molecule has 0 saturated carbocycles. The van der Waals surface area contributed by atoms with Crippen molar-refractivity contribution in [2.45, 2.75) is 19.1 Å². The summed E-state index contributed by atoms with van der Waals surface area (Å²) in [4.78, 5) is 11.7. The molecule has 112 valence electrons. The molecule has 1 rings (SSSR count). The highest BCUT2D eigenvalue weighted by atomic mass is 35.5. The topological polar surface area (TPSA) is 38.3 Å². The lowest BCUT2D eigenvalue weighted by molar-refractivity contribution is -0.149. The van der Waals surface area contributed by atoms with Crippen LogP contribution in [0.2, 0.25) is 5.02 Å². The summed E-state index contributed by atoms with van der Waals surface area (Å²) >= 11 is 5.62. The molecule has 0 amide bonds. The number of benzene rings is 1. The molecule has 0 aliphatic carbocycles. The molecule has 0 aromatic heterocycles. The first-order chi connectivity index (χ1) is 9.23. The average molecular weight is 314 g/mol. The minimum atomic E-state index is -4.51. The predicted molar refractivity (Wildman–Crippen MR) is 64.8 cm³/mol. The number of rotatable bonds is 5. The van der Waals surface area contributed by atoms with Gasteiger partial charge >= 0.3 is 12.1 Å². The summed E-state index contributed by atoms with van der Waals surface area (Å²) in [5, 5.41) is 1.97. The number of ether oxygens (including phenoxy) is 1. The molecular weight excluding hydrogens is 302 g/mol. The second-order valence-corrected chi connectivity index (χ2v) is 4.32. The molecule has 0 aliphatic heterocycles. The Morgan fingerprint density at radius 3 is 2.55 bits per heavy atom. The third-order valence-electron chi connectivity index (χ3n) is 2.25. The van der Waals surface area contributed by atoms with Gasteiger partial charge in [0.05, 0.1) is 13.2 Å². The van der Waals surface area contributed by atoms with Gasteiger partial charge in [0.25, 0.3) is 0 Å². The monoisotopic (exact) mass is 313 g/mol. The number of halogens is 5. The van der Waals surface area contributed by atoms with Gasteiger partial charge in [0.2, 0.25) is 0 Å². The van der Waals surface area contributed by atoms with Crippen molar-refractivity contribution >= 4 is 17.6 Å². The van der Waals surface area contributed by atoms with E-state index in [9.17, 15) is 22.4 Å². The number of nitrogens with one attached hydrogen (secondary N) is 1. The molecule has 20 heavy (non-hydrogen) atoms. The Hall–Kier alpha value is -1.34. The summed E-state index contributed by atoms with van der Waals surface area (Å²) in [5.74, 6) is -1.69. The fourth-order valence-corrected chi connectivity index (χ4v) is 1.75. The summed E-state index contributed by atoms with van der Waals surface area (Å²) in [6, 6.07) is 1.67. The zero-order valence-electron chi connectivity index (χ0n) is 10.4. The largest absolute Gasteiger partial charge is 0.465 e. The zero-order chi connectivity index (χ0) is 15.3. The van der Waals surface area contributed by atoms with Crippen LogP contribution in [0.5, 0.6) is 0 Å². The van der Waals surface area contributed by atoms with E-state index in [1.165, 1.54) is 13.0 Å². The highest BCUT2D eigenvalue weighted by molar-refractivity contribution is 6.30. The molecule has 0 radical (unpaired) electrons. The SMILES string of the molecule is CCOC(=O)C(NCC(F)(F)F)c1cc(F)cc(Cl)c1. The second kappa shape index (κ2) is 6.90. The first kappa shape index (κ1) is 16.7. The standard InChI is InChI=1S/C12H12ClF4NO2/c1-2-20-11(19)10(18-6-12(15,16)17)7-3-8(13)5-9(14)4-7/h3-5,10,18H,2,6H2,1H3. The smallest absolute Gasteiger partial charge is 0.401 e. The van der Waals surface area contributed by atoms with Crippen molar-refractivity contribution in [1.29, 1.82) is 0 Å². The molecule has 1 N–H and O–H groups in total. The van der Waals surface area contributed by atoms with Crippen LogP contribution in [0.4, 0.5) is 17.6 Å². The Kier molecular flexibility index (Phi) is 5.76. The van der Waals surface area contributed by atoms with E-state index in [4.69, 9.17) is 11.6 Å². The lowest BCUT2D eigenvalue weighted by Crippen LogP contribution is -2.37. The summed E-state index contributed by atoms with van der Waals surface area (Å²) in [6.45, 7) is 0.0912. The Bertz CT molecular complexity index is 459. The summed E-state index contributed by atoms with van der Waals surface area (Å²) in [6.07, 6.45) is -4.51. The normalized spacial score (nSPS) is 13.1. The minimum Gasteiger partial charge on any atom is -0.465 e. The van der Waals surface area contributed by atoms with Crippen LogP contribution in [0, 0.1) is 5.82 Å². The summed E-state index contributed by atoms with van der Waals surface area (Å²) < 4.78 is 54.6. The van der Waals surface area contributed by atoms with Crippen LogP contribution in [0.25, 0.3) is 0 Å². The van der Waals surface area contributed by atoms with Crippen LogP contribution >= 0.6 is 11.6 Å². The Morgan fingerprint density at radius 1 is 1.40 bits per heavy atom. The van der Waals surface area contributed by atoms with E-state index in [2.05, 4.69) is 4.74 Å². The van der Waals surface area contributed by atoms with Gasteiger partial charge in [-0.15, -0.1) is 0 Å². The van der Waals surface area contributed by atoms with Crippen LogP contribution in [0.15, 0.2) is 18.2 Å². The maximum Gasteiger partial charge on any atom is 0.401 e. The quantitative estimate of drug-likeness (QED) is 0.670. The number of alkyl halides is 3. The number of hydrogen-bond donors (Lipinski definition) is 1. The third-order valence-corrected chi connectivity index (χ3v) is 2.47. The van der Waals surface area contributed by atoms with E-state index in [0.717, 1.165) is 12.1 Å². The van der Waals surface area contributed by atoms with E-state index in [1.807, 2.05) is 5.32 Å². The first-order valence-corrected chi connectivity index (χ1v) is 6.03. The van der Waals surface area contributed by atoms with Gasteiger partial charge in [-0.1, -0.05) is 11.6 Å². The lowest BCUT2D eigenvalue weighted by atomic mass is 10.1. The molecule has 0 bridgehead atoms. The van der Waals surface area contributed by atoms with Crippen molar-refractivity contribution in [3.8, 4) is 0 Å². The van der Waals surface area contributed by atoms with Gasteiger partial charge in [-0.25, -0.2) is 9.18 Å². The van der Waals surface area contributed by atoms with E-state index in [-0.39, 0.29) is 17.2 Å². The van der Waals surface area contributed by atoms with Crippen LogP contribution in [0.1, 0.15) is 18.5 Å². The molecule has 0 heterocycles. The zero-order valence-corrected chi connectivity index (χ0v) is 11.2. The van der Waals surface area contributed by atoms with Crippen molar-refractivity contribution in [3.05, 3.63) is 34.6 Å². The van der Waals surface area contributed by atoms with Gasteiger partial charge in [0.1, 0.15) is 11.9 Å². The number of carbonyl (C=O) groups excluding carboxylic acids is 1. The van der Waals surface area contributed by atoms with Crippen LogP contribution in [0.3, 0.4) is 0 Å². The highest BCUT2D eigenvalue weighted by Gasteiger charge is 2.31. The number of carbonyl (C=O) groups is 1. The third kappa shape index (κ3) is 5.34. The van der Waals surface area contributed by atoms with E-state index in [1.54, 1.807) is 0 Å². The molecule has 8 heteroatoms. The van der Waals surface area contributed by atoms with E-state index in [0.29, 0.717) is 0 Å². The second-order valence-electron chi connectivity index (χ2n) is 3.88. The van der Waals surface area contributed by atoms with Gasteiger partial charge in [0, 0.05) is 5.02 Å². The van der Waals surface area contributed by atoms with Crippen LogP contribution in [-0.4, -0.2) is 25.3 Å². The van der Waals surface area contributed by atoms with Crippen LogP contribution < -0.4 is 5.32 Å². The van der Waals surface area contributed by atoms with Gasteiger partial charge in [-0.05, 0) is 30.7 Å². The van der Waals surface area contributed by atoms with E-state index >= 15 is 0 Å². The van der Waals surface area contributed by atoms with Crippen molar-refractivity contribution in [2.24, 2.45) is 0 Å². The van der Waals surface area contributed by atoms with Crippen molar-refractivity contribution in [1.82, 2.24) is 5.32 Å². The fraction of sp³-hybridized carbons (Fsp3) is 0.417. The van der Waals surface area contributed by atoms with E-state index < -0.39 is 30.5 Å². The highest BCUT2D eigenvalue weighted by Crippen LogP contribution is 2.23. The minimum absolute atomic E-state index is 0.00786. The Labute approximate surface area is 117 Å². The van der Waals surface area contributed by atoms with Crippen molar-refractivity contribution in [3.63, 3.8) is 0 Å². The first-order valence-electron chi connectivity index (χ1n) is 5.65. The van der Waals surface area contributed by atoms with Gasteiger partial charge in [-0.3, -0.25) is 5.32 Å². The molecule has 0 spiro atoms. The van der Waals surface area contributed by atoms with Gasteiger partial charge in [-0.2, -0.15) is 13.2 Å². The molecule has 1 aromatic rings. The van der Waals surface area contributed by atoms with Crippen molar-refractivity contribution in [2.75, 3.05) is 13.2 Å². The van der Waals surface area contributed by atoms with Crippen LogP contribution in [-0.2, 0) is 9.53 Å². The predicted octanol–water partition coefficient (Wildman–Crippen LogP) is 3.24. The molecule has 1 atom stereocenters. The summed E-state index contributed by atoms with van der Waals surface area (Å²) in [7, 11) is 0. The molecule has 0 aliphatic rings. The number of esters is 1. The number of hydrogen-bond acceptors (Lipinski definition) is 3. The lowest BCUT2D eigenvalue weighted by Gasteiger charge is -2.19. The Morgan fingerprint density at radius 2 is 2.05 bits per heavy atom. The molecule has 0 saturated heterocycles. The van der Waals surface area contributed by atoms with Gasteiger partial charge < -0.3 is 4.74 Å². The van der Waals surface area contributed by atoms with Gasteiger partial charge in [0.15, 0.2) is 0 Å². The average Bonchev–Trinajstić information content (AvgIpc) is 2.26. The maximum absolute atomic E-state index is 13.2. The maximum atomic E-state index is 13.2. The molecule has 1 aromatic carbocycles.